The fourth-order valence-electron chi connectivity index (χ4n) is 3.52. The minimum absolute atomic E-state index is 0. The number of rotatable bonds is 9. The Morgan fingerprint density at radius 1 is 1.30 bits per heavy atom. The molecule has 0 aromatic carbocycles. The van der Waals surface area contributed by atoms with Crippen molar-refractivity contribution in [1.82, 2.24) is 25.1 Å². The highest BCUT2D eigenvalue weighted by atomic mass is 127. The van der Waals surface area contributed by atoms with Gasteiger partial charge in [0.1, 0.15) is 12.4 Å². The van der Waals surface area contributed by atoms with E-state index in [2.05, 4.69) is 63.4 Å². The summed E-state index contributed by atoms with van der Waals surface area (Å²) in [5, 5.41) is 9.08. The zero-order valence-electron chi connectivity index (χ0n) is 18.2. The van der Waals surface area contributed by atoms with E-state index in [1.165, 1.54) is 4.88 Å². The van der Waals surface area contributed by atoms with Crippen molar-refractivity contribution in [2.45, 2.75) is 39.9 Å². The second kappa shape index (κ2) is 13.3. The van der Waals surface area contributed by atoms with Crippen molar-refractivity contribution in [1.29, 1.82) is 0 Å². The van der Waals surface area contributed by atoms with E-state index >= 15 is 0 Å². The van der Waals surface area contributed by atoms with Gasteiger partial charge in [-0.2, -0.15) is 0 Å². The monoisotopic (exact) mass is 546 g/mol. The summed E-state index contributed by atoms with van der Waals surface area (Å²) in [5.74, 6) is 2.42. The van der Waals surface area contributed by atoms with Crippen LogP contribution in [0.4, 0.5) is 0 Å². The van der Waals surface area contributed by atoms with Gasteiger partial charge in [-0.3, -0.25) is 4.90 Å². The predicted molar refractivity (Wildman–Crippen MR) is 135 cm³/mol. The number of morpholine rings is 1. The van der Waals surface area contributed by atoms with E-state index in [-0.39, 0.29) is 24.0 Å². The molecular formula is C21H35IN6OS. The van der Waals surface area contributed by atoms with E-state index < -0.39 is 0 Å². The third-order valence-electron chi connectivity index (χ3n) is 4.91. The van der Waals surface area contributed by atoms with Crippen molar-refractivity contribution in [2.75, 3.05) is 39.4 Å². The Morgan fingerprint density at radius 3 is 2.77 bits per heavy atom. The molecule has 1 unspecified atom stereocenters. The molecule has 1 atom stereocenters. The first-order valence-electron chi connectivity index (χ1n) is 10.5. The molecule has 0 bridgehead atoms. The molecule has 2 aromatic heterocycles. The van der Waals surface area contributed by atoms with Crippen LogP contribution in [0, 0.1) is 5.92 Å². The van der Waals surface area contributed by atoms with Gasteiger partial charge in [0.05, 0.1) is 19.3 Å². The molecule has 0 spiro atoms. The van der Waals surface area contributed by atoms with E-state index in [1.807, 2.05) is 23.7 Å². The van der Waals surface area contributed by atoms with Crippen molar-refractivity contribution in [3.63, 3.8) is 0 Å². The number of aromatic nitrogens is 2. The first-order valence-corrected chi connectivity index (χ1v) is 11.4. The van der Waals surface area contributed by atoms with Crippen molar-refractivity contribution in [3.8, 4) is 0 Å². The Labute approximate surface area is 201 Å². The van der Waals surface area contributed by atoms with Crippen LogP contribution in [0.5, 0.6) is 0 Å². The molecule has 1 saturated heterocycles. The largest absolute Gasteiger partial charge is 0.379 e. The molecule has 7 nitrogen and oxygen atoms in total. The molecular weight excluding hydrogens is 511 g/mol. The number of hydrogen-bond donors (Lipinski definition) is 2. The lowest BCUT2D eigenvalue weighted by Gasteiger charge is -2.34. The minimum Gasteiger partial charge on any atom is -0.379 e. The molecule has 0 amide bonds. The lowest BCUT2D eigenvalue weighted by molar-refractivity contribution is 0.0177. The fraction of sp³-hybridized carbons (Fsp3) is 0.619. The van der Waals surface area contributed by atoms with Gasteiger partial charge in [0, 0.05) is 50.0 Å². The normalized spacial score (nSPS) is 16.3. The number of imidazole rings is 1. The van der Waals surface area contributed by atoms with Gasteiger partial charge in [0.2, 0.25) is 0 Å². The number of guanidine groups is 1. The van der Waals surface area contributed by atoms with Crippen molar-refractivity contribution in [2.24, 2.45) is 10.9 Å². The van der Waals surface area contributed by atoms with Crippen LogP contribution in [0.3, 0.4) is 0 Å². The summed E-state index contributed by atoms with van der Waals surface area (Å²) in [5.41, 5.74) is 0. The average molecular weight is 547 g/mol. The highest BCUT2D eigenvalue weighted by molar-refractivity contribution is 14.0. The number of aliphatic imine (C=N–C) groups is 1. The molecule has 2 aromatic rings. The smallest absolute Gasteiger partial charge is 0.191 e. The highest BCUT2D eigenvalue weighted by Gasteiger charge is 2.23. The lowest BCUT2D eigenvalue weighted by atomic mass is 10.2. The second-order valence-electron chi connectivity index (χ2n) is 7.65. The molecule has 3 rings (SSSR count). The molecule has 1 fully saturated rings. The molecule has 0 radical (unpaired) electrons. The Bertz CT molecular complexity index is 743. The summed E-state index contributed by atoms with van der Waals surface area (Å²) in [6.07, 6.45) is 3.90. The van der Waals surface area contributed by atoms with Gasteiger partial charge >= 0.3 is 0 Å². The number of thiophene rings is 1. The highest BCUT2D eigenvalue weighted by Crippen LogP contribution is 2.25. The van der Waals surface area contributed by atoms with Crippen LogP contribution in [-0.4, -0.2) is 59.8 Å². The summed E-state index contributed by atoms with van der Waals surface area (Å²) in [7, 11) is 0. The topological polar surface area (TPSA) is 66.7 Å². The van der Waals surface area contributed by atoms with Crippen molar-refractivity contribution < 1.29 is 4.74 Å². The van der Waals surface area contributed by atoms with Crippen molar-refractivity contribution in [3.05, 3.63) is 40.6 Å². The SMILES string of the molecule is CCNC(=NCc1nccn1CC(C)C)NCC(c1cccs1)N1CCOCC1.I. The zero-order valence-corrected chi connectivity index (χ0v) is 21.4. The van der Waals surface area contributed by atoms with E-state index in [0.29, 0.717) is 18.5 Å². The number of nitrogens with zero attached hydrogens (tertiary/aromatic N) is 4. The van der Waals surface area contributed by atoms with Crippen LogP contribution in [-0.2, 0) is 17.8 Å². The van der Waals surface area contributed by atoms with Gasteiger partial charge < -0.3 is 19.9 Å². The molecule has 2 N–H and O–H groups in total. The molecule has 1 aliphatic rings. The maximum atomic E-state index is 5.55. The number of halogens is 1. The standard InChI is InChI=1S/C21H34N6OS.HI/c1-4-22-21(25-15-20-23-7-8-27(20)16-17(2)3)24-14-18(19-6-5-13-29-19)26-9-11-28-12-10-26;/h5-8,13,17-18H,4,9-12,14-16H2,1-3H3,(H2,22,24,25);1H. The maximum Gasteiger partial charge on any atom is 0.191 e. The zero-order chi connectivity index (χ0) is 20.5. The Balaban J connectivity index is 0.00000320. The average Bonchev–Trinajstić information content (AvgIpc) is 3.39. The molecule has 30 heavy (non-hydrogen) atoms. The van der Waals surface area contributed by atoms with Crippen LogP contribution < -0.4 is 10.6 Å². The number of ether oxygens (including phenoxy) is 1. The van der Waals surface area contributed by atoms with Crippen LogP contribution in [0.2, 0.25) is 0 Å². The van der Waals surface area contributed by atoms with E-state index in [0.717, 1.165) is 57.7 Å². The minimum atomic E-state index is 0. The summed E-state index contributed by atoms with van der Waals surface area (Å²) in [6.45, 7) is 13.2. The van der Waals surface area contributed by atoms with E-state index in [9.17, 15) is 0 Å². The van der Waals surface area contributed by atoms with Crippen LogP contribution in [0.15, 0.2) is 34.9 Å². The number of hydrogen-bond acceptors (Lipinski definition) is 5. The van der Waals surface area contributed by atoms with Gasteiger partial charge in [-0.05, 0) is 24.3 Å². The Kier molecular flexibility index (Phi) is 11.1. The lowest BCUT2D eigenvalue weighted by Crippen LogP contribution is -2.46. The summed E-state index contributed by atoms with van der Waals surface area (Å²) >= 11 is 1.81. The molecule has 1 aliphatic heterocycles. The predicted octanol–water partition coefficient (Wildman–Crippen LogP) is 3.35. The third kappa shape index (κ3) is 7.51. The molecule has 168 valence electrons. The molecule has 3 heterocycles. The second-order valence-corrected chi connectivity index (χ2v) is 8.62. The Morgan fingerprint density at radius 2 is 2.10 bits per heavy atom. The van der Waals surface area contributed by atoms with Crippen LogP contribution in [0.1, 0.15) is 37.5 Å². The van der Waals surface area contributed by atoms with Gasteiger partial charge in [-0.25, -0.2) is 9.98 Å². The van der Waals surface area contributed by atoms with E-state index in [1.54, 1.807) is 0 Å². The summed E-state index contributed by atoms with van der Waals surface area (Å²) < 4.78 is 7.74. The molecule has 9 heteroatoms. The summed E-state index contributed by atoms with van der Waals surface area (Å²) in [4.78, 5) is 13.2. The van der Waals surface area contributed by atoms with Crippen LogP contribution in [0.25, 0.3) is 0 Å². The third-order valence-corrected chi connectivity index (χ3v) is 5.88. The Hall–Kier alpha value is -1.17. The molecule has 0 aliphatic carbocycles. The quantitative estimate of drug-likeness (QED) is 0.287. The van der Waals surface area contributed by atoms with Gasteiger partial charge in [-0.1, -0.05) is 19.9 Å². The first-order chi connectivity index (χ1) is 14.2. The molecule has 0 saturated carbocycles. The van der Waals surface area contributed by atoms with Crippen molar-refractivity contribution >= 4 is 41.3 Å². The van der Waals surface area contributed by atoms with Gasteiger partial charge in [0.25, 0.3) is 0 Å². The maximum absolute atomic E-state index is 5.55. The first kappa shape index (κ1) is 25.1. The fourth-order valence-corrected chi connectivity index (χ4v) is 4.38. The summed E-state index contributed by atoms with van der Waals surface area (Å²) in [6, 6.07) is 4.67. The van der Waals surface area contributed by atoms with Crippen LogP contribution >= 0.6 is 35.3 Å². The van der Waals surface area contributed by atoms with E-state index in [4.69, 9.17) is 9.73 Å². The van der Waals surface area contributed by atoms with Gasteiger partial charge in [0.15, 0.2) is 5.96 Å². The number of nitrogens with one attached hydrogen (secondary N) is 2. The van der Waals surface area contributed by atoms with Gasteiger partial charge in [-0.15, -0.1) is 35.3 Å².